The monoisotopic (exact) mass is 1020 g/mol. The topological polar surface area (TPSA) is 335 Å². The lowest BCUT2D eigenvalue weighted by Crippen LogP contribution is -2.65. The van der Waals surface area contributed by atoms with E-state index in [0.717, 1.165) is 51.6 Å². The summed E-state index contributed by atoms with van der Waals surface area (Å²) >= 11 is 0. The molecule has 0 aromatic carbocycles. The Morgan fingerprint density at radius 1 is 0.521 bits per heavy atom. The maximum absolute atomic E-state index is 11.4. The number of fused-ring (bicyclic) bond motifs is 7. The summed E-state index contributed by atoms with van der Waals surface area (Å²) in [6, 6.07) is 0. The fourth-order valence-electron chi connectivity index (χ4n) is 15.5. The molecule has 71 heavy (non-hydrogen) atoms. The van der Waals surface area contributed by atoms with Crippen LogP contribution in [0.5, 0.6) is 0 Å². The van der Waals surface area contributed by atoms with Gasteiger partial charge in [-0.3, -0.25) is 0 Å². The van der Waals surface area contributed by atoms with Gasteiger partial charge in [0.15, 0.2) is 37.2 Å². The first-order chi connectivity index (χ1) is 33.7. The second kappa shape index (κ2) is 20.5. The van der Waals surface area contributed by atoms with Gasteiger partial charge in [-0.2, -0.15) is 0 Å². The van der Waals surface area contributed by atoms with Crippen LogP contribution in [-0.4, -0.2) is 223 Å². The molecule has 6 saturated heterocycles. The third-order valence-electron chi connectivity index (χ3n) is 19.7. The third-order valence-corrected chi connectivity index (χ3v) is 19.7. The lowest BCUT2D eigenvalue weighted by molar-refractivity contribution is -0.411. The second-order valence-corrected chi connectivity index (χ2v) is 23.5. The normalized spacial score (nSPS) is 58.5. The standard InChI is InChI=1S/C49H80O22/c1-19-7-12-49(63-17-19)20(2)30-26(71-49)14-25-23-6-5-21-13-22(8-10-47(21,3)24(23)9-11-48(25,30)4)64-46-41(36(57)32(53)28(16-51)66-46)68-42-37(58)33(54)29(18-62-42)67-44-39(60)35(56)40(61)45(70-44)69-43-38(59)34(55)31(52)27(15-50)65-43/h19-46,50-61H,5-18H2,1-4H3/t19-,20+,21-,22+,23-,24+,25+,26+,27-,28-,29+,30+,31-,32-,33+,34+,35+,36+,37-,38-,39-,40+,41-,42+,43+,44-,45-,46-,47+,48+,49-/m1/s1. The van der Waals surface area contributed by atoms with Crippen LogP contribution >= 0.6 is 0 Å². The van der Waals surface area contributed by atoms with Crippen LogP contribution in [0.4, 0.5) is 0 Å². The van der Waals surface area contributed by atoms with Gasteiger partial charge in [-0.15, -0.1) is 0 Å². The van der Waals surface area contributed by atoms with Gasteiger partial charge in [-0.25, -0.2) is 0 Å². The summed E-state index contributed by atoms with van der Waals surface area (Å²) in [4.78, 5) is 0. The zero-order valence-electron chi connectivity index (χ0n) is 41.0. The van der Waals surface area contributed by atoms with Gasteiger partial charge < -0.3 is 109 Å². The fourth-order valence-corrected chi connectivity index (χ4v) is 15.5. The Morgan fingerprint density at radius 2 is 1.14 bits per heavy atom. The fraction of sp³-hybridized carbons (Fsp3) is 1.00. The van der Waals surface area contributed by atoms with Crippen LogP contribution in [0.25, 0.3) is 0 Å². The maximum atomic E-state index is 11.4. The third kappa shape index (κ3) is 9.19. The van der Waals surface area contributed by atoms with Gasteiger partial charge in [-0.05, 0) is 104 Å². The molecule has 4 saturated carbocycles. The van der Waals surface area contributed by atoms with E-state index >= 15 is 0 Å². The van der Waals surface area contributed by atoms with E-state index in [1.165, 1.54) is 12.8 Å². The van der Waals surface area contributed by atoms with Gasteiger partial charge in [-0.1, -0.05) is 27.7 Å². The number of ether oxygens (including phenoxy) is 10. The second-order valence-electron chi connectivity index (χ2n) is 23.5. The molecule has 1 spiro atoms. The molecule has 22 heteroatoms. The van der Waals surface area contributed by atoms with Gasteiger partial charge >= 0.3 is 0 Å². The molecule has 0 aromatic heterocycles. The van der Waals surface area contributed by atoms with Gasteiger partial charge in [0.05, 0.1) is 38.6 Å². The van der Waals surface area contributed by atoms with Crippen molar-refractivity contribution in [3.8, 4) is 0 Å². The van der Waals surface area contributed by atoms with Crippen molar-refractivity contribution in [1.29, 1.82) is 0 Å². The van der Waals surface area contributed by atoms with Crippen LogP contribution in [0.1, 0.15) is 91.9 Å². The van der Waals surface area contributed by atoms with Crippen LogP contribution in [0.2, 0.25) is 0 Å². The first kappa shape index (κ1) is 53.5. The summed E-state index contributed by atoms with van der Waals surface area (Å²) < 4.78 is 60.2. The van der Waals surface area contributed by atoms with Crippen LogP contribution in [0.15, 0.2) is 0 Å². The highest BCUT2D eigenvalue weighted by Crippen LogP contribution is 2.71. The molecule has 408 valence electrons. The van der Waals surface area contributed by atoms with Gasteiger partial charge in [0, 0.05) is 12.3 Å². The van der Waals surface area contributed by atoms with Crippen LogP contribution < -0.4 is 0 Å². The van der Waals surface area contributed by atoms with E-state index in [0.29, 0.717) is 47.8 Å². The van der Waals surface area contributed by atoms with Crippen LogP contribution in [-0.2, 0) is 47.4 Å². The molecule has 6 aliphatic heterocycles. The van der Waals surface area contributed by atoms with E-state index < -0.39 is 143 Å². The van der Waals surface area contributed by atoms with Crippen molar-refractivity contribution in [2.45, 2.75) is 227 Å². The summed E-state index contributed by atoms with van der Waals surface area (Å²) in [7, 11) is 0. The van der Waals surface area contributed by atoms with Crippen molar-refractivity contribution in [3.63, 3.8) is 0 Å². The highest BCUT2D eigenvalue weighted by atomic mass is 16.8. The number of aliphatic hydroxyl groups is 12. The quantitative estimate of drug-likeness (QED) is 0.102. The molecule has 0 unspecified atom stereocenters. The van der Waals surface area contributed by atoms with Crippen molar-refractivity contribution in [2.75, 3.05) is 26.4 Å². The zero-order valence-corrected chi connectivity index (χ0v) is 41.0. The Bertz CT molecular complexity index is 1810. The zero-order chi connectivity index (χ0) is 50.6. The summed E-state index contributed by atoms with van der Waals surface area (Å²) in [5.41, 5.74) is 0.294. The number of hydrogen-bond donors (Lipinski definition) is 12. The van der Waals surface area contributed by atoms with E-state index in [1.807, 2.05) is 0 Å². The van der Waals surface area contributed by atoms with Crippen molar-refractivity contribution < 1.29 is 109 Å². The largest absolute Gasteiger partial charge is 0.394 e. The maximum Gasteiger partial charge on any atom is 0.192 e. The Kier molecular flexibility index (Phi) is 15.4. The Labute approximate surface area is 413 Å². The summed E-state index contributed by atoms with van der Waals surface area (Å²) in [5, 5.41) is 128. The van der Waals surface area contributed by atoms with Crippen LogP contribution in [0, 0.1) is 52.3 Å². The Balaban J connectivity index is 0.760. The number of hydrogen-bond acceptors (Lipinski definition) is 22. The minimum absolute atomic E-state index is 0.0917. The first-order valence-corrected chi connectivity index (χ1v) is 26.3. The van der Waals surface area contributed by atoms with Crippen molar-refractivity contribution in [1.82, 2.24) is 0 Å². The molecule has 31 atom stereocenters. The molecule has 4 aliphatic carbocycles. The molecule has 0 radical (unpaired) electrons. The highest BCUT2D eigenvalue weighted by Gasteiger charge is 2.69. The average molecular weight is 1020 g/mol. The minimum atomic E-state index is -2.00. The lowest BCUT2D eigenvalue weighted by atomic mass is 9.44. The molecule has 10 fully saturated rings. The molecule has 12 N–H and O–H groups in total. The minimum Gasteiger partial charge on any atom is -0.394 e. The lowest BCUT2D eigenvalue weighted by Gasteiger charge is -2.61. The van der Waals surface area contributed by atoms with Gasteiger partial charge in [0.25, 0.3) is 0 Å². The number of aliphatic hydroxyl groups excluding tert-OH is 12. The Hall–Kier alpha value is -0.880. The smallest absolute Gasteiger partial charge is 0.192 e. The predicted octanol–water partition coefficient (Wildman–Crippen LogP) is -2.31. The van der Waals surface area contributed by atoms with E-state index in [2.05, 4.69) is 27.7 Å². The molecule has 0 bridgehead atoms. The first-order valence-electron chi connectivity index (χ1n) is 26.3. The number of rotatable bonds is 10. The predicted molar refractivity (Wildman–Crippen MR) is 237 cm³/mol. The van der Waals surface area contributed by atoms with Crippen LogP contribution in [0.3, 0.4) is 0 Å². The summed E-state index contributed by atoms with van der Waals surface area (Å²) in [5.74, 6) is 3.08. The Morgan fingerprint density at radius 3 is 1.82 bits per heavy atom. The van der Waals surface area contributed by atoms with Gasteiger partial charge in [0.2, 0.25) is 0 Å². The van der Waals surface area contributed by atoms with Crippen molar-refractivity contribution >= 4 is 0 Å². The molecular weight excluding hydrogens is 941 g/mol. The SMILES string of the molecule is C[C@@H]1CC[C@@]2(OC1)O[C@H]1C[C@H]3[C@@H]4CC[C@@H]5C[C@@H](O[C@@H]6O[C@H](CO)[C@@H](O)[C@H](O)[C@H]6O[C@@H]6OC[C@H](O[C@@H]7O[C@@H](O[C@@H]8O[C@H](CO)[C@@H](O)[C@H](O)[C@H]8O)[C@@H](O)[C@@H](O)[C@H]7O)[C@H](O)[C@H]6O)CC[C@]5(C)[C@H]4CC[C@]3(C)[C@H]1[C@@H]2C. The highest BCUT2D eigenvalue weighted by molar-refractivity contribution is 5.15. The van der Waals surface area contributed by atoms with Crippen molar-refractivity contribution in [2.24, 2.45) is 52.3 Å². The average Bonchev–Trinajstić information content (AvgIpc) is 3.80. The molecule has 22 nitrogen and oxygen atoms in total. The molecular formula is C49H80O22. The summed E-state index contributed by atoms with van der Waals surface area (Å²) in [6.07, 6.45) is -22.6. The van der Waals surface area contributed by atoms with Gasteiger partial charge in [0.1, 0.15) is 85.5 Å². The van der Waals surface area contributed by atoms with E-state index in [4.69, 9.17) is 47.4 Å². The summed E-state index contributed by atoms with van der Waals surface area (Å²) in [6.45, 7) is 8.46. The van der Waals surface area contributed by atoms with E-state index in [-0.39, 0.29) is 23.0 Å². The van der Waals surface area contributed by atoms with E-state index in [9.17, 15) is 61.3 Å². The molecule has 0 amide bonds. The molecule has 6 heterocycles. The molecule has 10 aliphatic rings. The van der Waals surface area contributed by atoms with Crippen molar-refractivity contribution in [3.05, 3.63) is 0 Å². The van der Waals surface area contributed by atoms with E-state index in [1.54, 1.807) is 0 Å². The molecule has 10 rings (SSSR count). The molecule has 0 aromatic rings.